The summed E-state index contributed by atoms with van der Waals surface area (Å²) >= 11 is 0. The highest BCUT2D eigenvalue weighted by atomic mass is 16.5. The minimum absolute atomic E-state index is 0.0980. The molecule has 0 aromatic heterocycles. The van der Waals surface area contributed by atoms with E-state index in [-0.39, 0.29) is 16.8 Å². The highest BCUT2D eigenvalue weighted by Crippen LogP contribution is 2.47. The van der Waals surface area contributed by atoms with E-state index in [0.717, 1.165) is 41.0 Å². The van der Waals surface area contributed by atoms with Gasteiger partial charge in [-0.15, -0.1) is 0 Å². The van der Waals surface area contributed by atoms with Crippen molar-refractivity contribution >= 4 is 23.0 Å². The molecule has 4 rings (SSSR count). The van der Waals surface area contributed by atoms with E-state index in [9.17, 15) is 9.59 Å². The second-order valence-corrected chi connectivity index (χ2v) is 9.87. The first-order chi connectivity index (χ1) is 15.7. The number of aldehydes is 1. The van der Waals surface area contributed by atoms with Gasteiger partial charge >= 0.3 is 5.97 Å². The topological polar surface area (TPSA) is 43.4 Å². The van der Waals surface area contributed by atoms with Crippen LogP contribution in [0.4, 0.5) is 0 Å². The maximum absolute atomic E-state index is 12.0. The van der Waals surface area contributed by atoms with Crippen molar-refractivity contribution in [3.8, 4) is 11.1 Å². The maximum atomic E-state index is 12.0. The summed E-state index contributed by atoms with van der Waals surface area (Å²) in [5.74, 6) is -0.322. The van der Waals surface area contributed by atoms with E-state index < -0.39 is 0 Å². The number of carbonyl (C=O) groups is 2. The van der Waals surface area contributed by atoms with Crippen LogP contribution in [-0.4, -0.2) is 18.9 Å². The van der Waals surface area contributed by atoms with Gasteiger partial charge < -0.3 is 4.74 Å². The second-order valence-electron chi connectivity index (χ2n) is 9.87. The lowest BCUT2D eigenvalue weighted by Crippen LogP contribution is -2.33. The Morgan fingerprint density at radius 3 is 2.00 bits per heavy atom. The van der Waals surface area contributed by atoms with E-state index in [4.69, 9.17) is 4.74 Å². The first-order valence-corrected chi connectivity index (χ1v) is 12.0. The van der Waals surface area contributed by atoms with Crippen LogP contribution in [0.15, 0.2) is 48.5 Å². The lowest BCUT2D eigenvalue weighted by atomic mass is 9.62. The van der Waals surface area contributed by atoms with Gasteiger partial charge in [-0.05, 0) is 94.0 Å². The number of hydrogen-bond acceptors (Lipinski definition) is 3. The van der Waals surface area contributed by atoms with Crippen LogP contribution in [-0.2, 0) is 15.6 Å². The Morgan fingerprint density at radius 1 is 0.879 bits per heavy atom. The summed E-state index contributed by atoms with van der Waals surface area (Å²) in [6, 6.07) is 16.0. The molecular weight excluding hydrogens is 408 g/mol. The zero-order valence-corrected chi connectivity index (χ0v) is 21.0. The molecule has 3 aromatic carbocycles. The predicted octanol–water partition coefficient (Wildman–Crippen LogP) is 7.87. The molecule has 0 bridgehead atoms. The fourth-order valence-corrected chi connectivity index (χ4v) is 4.73. The van der Waals surface area contributed by atoms with E-state index >= 15 is 0 Å². The summed E-state index contributed by atoms with van der Waals surface area (Å²) in [5, 5.41) is 2.09. The van der Waals surface area contributed by atoms with Crippen molar-refractivity contribution in [3.05, 3.63) is 70.8 Å². The molecule has 3 nitrogen and oxygen atoms in total. The molecule has 3 heteroatoms. The predicted molar refractivity (Wildman–Crippen MR) is 137 cm³/mol. The van der Waals surface area contributed by atoms with Gasteiger partial charge in [0.15, 0.2) is 6.29 Å². The minimum atomic E-state index is -0.322. The molecule has 0 heterocycles. The number of benzene rings is 3. The van der Waals surface area contributed by atoms with Crippen molar-refractivity contribution < 1.29 is 14.3 Å². The van der Waals surface area contributed by atoms with E-state index in [2.05, 4.69) is 45.9 Å². The Hall–Kier alpha value is -2.94. The van der Waals surface area contributed by atoms with Crippen molar-refractivity contribution in [1.82, 2.24) is 0 Å². The summed E-state index contributed by atoms with van der Waals surface area (Å²) in [6.45, 7) is 15.4. The first-order valence-electron chi connectivity index (χ1n) is 12.0. The number of carbonyl (C=O) groups excluding carboxylic acids is 2. The van der Waals surface area contributed by atoms with Gasteiger partial charge in [0.05, 0.1) is 12.2 Å². The van der Waals surface area contributed by atoms with Gasteiger partial charge in [-0.2, -0.15) is 0 Å². The standard InChI is InChI=1S/C28H30O3.C2H6/c1-6-31-26(30)19-9-7-18(8-10-19)20-13-21-15-24-25(16-23(21)22(14-20)17-29)28(4,5)12-11-27(24,2)3;1-2/h7-10,13-17H,6,11-12H2,1-5H3;1-2H3. The third-order valence-electron chi connectivity index (χ3n) is 6.81. The minimum Gasteiger partial charge on any atom is -0.462 e. The molecule has 0 unspecified atom stereocenters. The average molecular weight is 445 g/mol. The van der Waals surface area contributed by atoms with Crippen molar-refractivity contribution in [1.29, 1.82) is 0 Å². The number of fused-ring (bicyclic) bond motifs is 2. The first kappa shape index (κ1) is 24.7. The van der Waals surface area contributed by atoms with Gasteiger partial charge in [-0.3, -0.25) is 4.79 Å². The van der Waals surface area contributed by atoms with Crippen molar-refractivity contribution in [2.75, 3.05) is 6.61 Å². The number of hydrogen-bond donors (Lipinski definition) is 0. The molecule has 0 aliphatic heterocycles. The summed E-state index contributed by atoms with van der Waals surface area (Å²) in [4.78, 5) is 24.0. The summed E-state index contributed by atoms with van der Waals surface area (Å²) in [6.07, 6.45) is 3.24. The highest BCUT2D eigenvalue weighted by Gasteiger charge is 2.37. The fraction of sp³-hybridized carbons (Fsp3) is 0.400. The number of esters is 1. The molecule has 0 atom stereocenters. The van der Waals surface area contributed by atoms with Gasteiger partial charge in [0, 0.05) is 5.56 Å². The lowest BCUT2D eigenvalue weighted by molar-refractivity contribution is 0.0526. The average Bonchev–Trinajstić information content (AvgIpc) is 2.82. The molecule has 0 spiro atoms. The molecule has 33 heavy (non-hydrogen) atoms. The number of rotatable bonds is 4. The van der Waals surface area contributed by atoms with E-state index in [1.165, 1.54) is 11.1 Å². The summed E-state index contributed by atoms with van der Waals surface area (Å²) < 4.78 is 5.07. The van der Waals surface area contributed by atoms with Gasteiger partial charge in [-0.25, -0.2) is 4.79 Å². The monoisotopic (exact) mass is 444 g/mol. The van der Waals surface area contributed by atoms with Gasteiger partial charge in [0.25, 0.3) is 0 Å². The molecule has 0 saturated heterocycles. The van der Waals surface area contributed by atoms with Crippen LogP contribution >= 0.6 is 0 Å². The van der Waals surface area contributed by atoms with Crippen LogP contribution in [0.3, 0.4) is 0 Å². The molecule has 0 amide bonds. The summed E-state index contributed by atoms with van der Waals surface area (Å²) in [7, 11) is 0. The van der Waals surface area contributed by atoms with Gasteiger partial charge in [0.2, 0.25) is 0 Å². The third-order valence-corrected chi connectivity index (χ3v) is 6.81. The molecule has 0 saturated carbocycles. The zero-order chi connectivity index (χ0) is 24.4. The van der Waals surface area contributed by atoms with E-state index in [1.54, 1.807) is 19.1 Å². The van der Waals surface area contributed by atoms with Gasteiger partial charge in [-0.1, -0.05) is 59.7 Å². The van der Waals surface area contributed by atoms with Crippen molar-refractivity contribution in [2.45, 2.75) is 72.1 Å². The zero-order valence-electron chi connectivity index (χ0n) is 21.0. The molecular formula is C30H36O3. The van der Waals surface area contributed by atoms with Crippen LogP contribution in [0, 0.1) is 0 Å². The van der Waals surface area contributed by atoms with Crippen molar-refractivity contribution in [3.63, 3.8) is 0 Å². The quantitative estimate of drug-likeness (QED) is 0.304. The van der Waals surface area contributed by atoms with Crippen molar-refractivity contribution in [2.24, 2.45) is 0 Å². The Labute approximate surface area is 198 Å². The molecule has 3 aromatic rings. The smallest absolute Gasteiger partial charge is 0.338 e. The Bertz CT molecular complexity index is 1170. The maximum Gasteiger partial charge on any atom is 0.338 e. The molecule has 1 aliphatic rings. The van der Waals surface area contributed by atoms with Crippen LogP contribution in [0.25, 0.3) is 21.9 Å². The Balaban J connectivity index is 0.00000149. The normalized spacial score (nSPS) is 15.7. The van der Waals surface area contributed by atoms with E-state index in [1.807, 2.05) is 32.0 Å². The molecule has 1 aliphatic carbocycles. The highest BCUT2D eigenvalue weighted by molar-refractivity contribution is 6.02. The summed E-state index contributed by atoms with van der Waals surface area (Å²) in [5.41, 5.74) is 6.10. The van der Waals surface area contributed by atoms with Crippen LogP contribution in [0.2, 0.25) is 0 Å². The molecule has 0 N–H and O–H groups in total. The van der Waals surface area contributed by atoms with Crippen LogP contribution in [0.1, 0.15) is 93.2 Å². The molecule has 0 radical (unpaired) electrons. The Kier molecular flexibility index (Phi) is 7.11. The van der Waals surface area contributed by atoms with Crippen LogP contribution < -0.4 is 0 Å². The molecule has 0 fully saturated rings. The van der Waals surface area contributed by atoms with Gasteiger partial charge in [0.1, 0.15) is 0 Å². The number of ether oxygens (including phenoxy) is 1. The largest absolute Gasteiger partial charge is 0.462 e. The Morgan fingerprint density at radius 2 is 1.45 bits per heavy atom. The lowest BCUT2D eigenvalue weighted by Gasteiger charge is -2.42. The fourth-order valence-electron chi connectivity index (χ4n) is 4.73. The van der Waals surface area contributed by atoms with Crippen LogP contribution in [0.5, 0.6) is 0 Å². The third kappa shape index (κ3) is 4.73. The second kappa shape index (κ2) is 9.51. The van der Waals surface area contributed by atoms with E-state index in [0.29, 0.717) is 17.7 Å². The SMILES string of the molecule is CC.CCOC(=O)c1ccc(-c2cc(C=O)c3cc4c(cc3c2)C(C)(C)CCC4(C)C)cc1. The molecule has 174 valence electrons.